The van der Waals surface area contributed by atoms with Gasteiger partial charge in [0.05, 0.1) is 10.7 Å². The lowest BCUT2D eigenvalue weighted by atomic mass is 9.88. The molecule has 1 aromatic rings. The molecule has 4 nitrogen and oxygen atoms in total. The van der Waals surface area contributed by atoms with Crippen LogP contribution in [-0.2, 0) is 9.47 Å². The maximum Gasteiger partial charge on any atom is 0.231 e. The van der Waals surface area contributed by atoms with E-state index in [4.69, 9.17) is 13.9 Å². The summed E-state index contributed by atoms with van der Waals surface area (Å²) >= 11 is 3.29. The molecule has 0 saturated carbocycles. The van der Waals surface area contributed by atoms with Gasteiger partial charge in [-0.3, -0.25) is 4.79 Å². The van der Waals surface area contributed by atoms with Gasteiger partial charge in [0.15, 0.2) is 5.76 Å². The fourth-order valence-corrected chi connectivity index (χ4v) is 2.27. The maximum atomic E-state index is 12.3. The molecule has 0 atom stereocenters. The smallest absolute Gasteiger partial charge is 0.231 e. The van der Waals surface area contributed by atoms with Crippen molar-refractivity contribution in [2.45, 2.75) is 18.4 Å². The highest BCUT2D eigenvalue weighted by molar-refractivity contribution is 9.10. The third-order valence-electron chi connectivity index (χ3n) is 2.93. The molecule has 2 rings (SSSR count). The van der Waals surface area contributed by atoms with Crippen molar-refractivity contribution < 1.29 is 18.7 Å². The average Bonchev–Trinajstić information content (AvgIpc) is 2.75. The fourth-order valence-electron chi connectivity index (χ4n) is 1.89. The van der Waals surface area contributed by atoms with Gasteiger partial charge < -0.3 is 13.9 Å². The molecule has 0 aliphatic carbocycles. The minimum atomic E-state index is -0.793. The van der Waals surface area contributed by atoms with E-state index in [1.54, 1.807) is 13.2 Å². The molecule has 5 heteroatoms. The van der Waals surface area contributed by atoms with Crippen LogP contribution in [0.25, 0.3) is 0 Å². The third kappa shape index (κ3) is 1.95. The van der Waals surface area contributed by atoms with Crippen molar-refractivity contribution in [3.8, 4) is 0 Å². The van der Waals surface area contributed by atoms with Crippen LogP contribution in [0.15, 0.2) is 21.2 Å². The number of methoxy groups -OCH3 is 1. The molecule has 0 radical (unpaired) electrons. The number of furan rings is 1. The van der Waals surface area contributed by atoms with Gasteiger partial charge in [-0.25, -0.2) is 0 Å². The number of hydrogen-bond acceptors (Lipinski definition) is 4. The zero-order valence-electron chi connectivity index (χ0n) is 8.99. The van der Waals surface area contributed by atoms with Gasteiger partial charge in [-0.2, -0.15) is 0 Å². The molecule has 2 heterocycles. The van der Waals surface area contributed by atoms with Crippen LogP contribution < -0.4 is 0 Å². The molecule has 88 valence electrons. The topological polar surface area (TPSA) is 48.7 Å². The Bertz CT molecular complexity index is 379. The Hall–Kier alpha value is -0.650. The highest BCUT2D eigenvalue weighted by Crippen LogP contribution is 2.31. The molecule has 16 heavy (non-hydrogen) atoms. The third-order valence-corrected chi connectivity index (χ3v) is 3.55. The van der Waals surface area contributed by atoms with Gasteiger partial charge in [-0.05, 0) is 22.0 Å². The number of halogens is 1. The lowest BCUT2D eigenvalue weighted by Crippen LogP contribution is -2.45. The highest BCUT2D eigenvalue weighted by Gasteiger charge is 2.42. The Balaban J connectivity index is 2.28. The second-order valence-corrected chi connectivity index (χ2v) is 4.59. The maximum absolute atomic E-state index is 12.3. The largest absolute Gasteiger partial charge is 0.460 e. The molecular formula is C11H13BrO4. The monoisotopic (exact) mass is 288 g/mol. The minimum Gasteiger partial charge on any atom is -0.460 e. The molecule has 1 aliphatic rings. The summed E-state index contributed by atoms with van der Waals surface area (Å²) in [6, 6.07) is 1.70. The Morgan fingerprint density at radius 2 is 2.19 bits per heavy atom. The van der Waals surface area contributed by atoms with Gasteiger partial charge in [-0.1, -0.05) is 0 Å². The quantitative estimate of drug-likeness (QED) is 0.802. The number of carbonyl (C=O) groups is 1. The Labute approximate surface area is 102 Å². The first-order valence-electron chi connectivity index (χ1n) is 5.10. The summed E-state index contributed by atoms with van der Waals surface area (Å²) in [7, 11) is 1.56. The zero-order valence-corrected chi connectivity index (χ0v) is 10.6. The fraction of sp³-hybridized carbons (Fsp3) is 0.545. The van der Waals surface area contributed by atoms with Crippen LogP contribution in [0.3, 0.4) is 0 Å². The van der Waals surface area contributed by atoms with Crippen molar-refractivity contribution in [1.29, 1.82) is 0 Å². The van der Waals surface area contributed by atoms with Crippen molar-refractivity contribution in [2.75, 3.05) is 20.3 Å². The predicted octanol–water partition coefficient (Wildman–Crippen LogP) is 2.42. The number of rotatable bonds is 3. The summed E-state index contributed by atoms with van der Waals surface area (Å²) in [4.78, 5) is 12.3. The summed E-state index contributed by atoms with van der Waals surface area (Å²) in [6.07, 6.45) is 2.62. The van der Waals surface area contributed by atoms with Gasteiger partial charge in [0.1, 0.15) is 5.60 Å². The standard InChI is InChI=1S/C11H13BrO4/c1-14-11(3-6-15-7-4-11)10(13)9-8(12)2-5-16-9/h2,5H,3-4,6-7H2,1H3. The summed E-state index contributed by atoms with van der Waals surface area (Å²) in [5.41, 5.74) is -0.793. The first-order chi connectivity index (χ1) is 7.69. The van der Waals surface area contributed by atoms with E-state index in [0.717, 1.165) is 0 Å². The molecule has 0 amide bonds. The van der Waals surface area contributed by atoms with Crippen LogP contribution in [0.2, 0.25) is 0 Å². The SMILES string of the molecule is COC1(C(=O)c2occc2Br)CCOCC1. The molecular weight excluding hydrogens is 276 g/mol. The number of Topliss-reactive ketones (excluding diaryl/α,β-unsaturated/α-hetero) is 1. The minimum absolute atomic E-state index is 0.116. The molecule has 1 saturated heterocycles. The Morgan fingerprint density at radius 1 is 1.50 bits per heavy atom. The first kappa shape index (κ1) is 11.8. The van der Waals surface area contributed by atoms with Crippen molar-refractivity contribution in [3.05, 3.63) is 22.6 Å². The molecule has 0 spiro atoms. The van der Waals surface area contributed by atoms with Gasteiger partial charge in [0.25, 0.3) is 0 Å². The number of ketones is 1. The second kappa shape index (κ2) is 4.69. The van der Waals surface area contributed by atoms with E-state index in [1.165, 1.54) is 6.26 Å². The lowest BCUT2D eigenvalue weighted by Gasteiger charge is -2.33. The zero-order chi connectivity index (χ0) is 11.6. The van der Waals surface area contributed by atoms with Crippen molar-refractivity contribution in [3.63, 3.8) is 0 Å². The molecule has 0 N–H and O–H groups in total. The van der Waals surface area contributed by atoms with E-state index in [9.17, 15) is 4.79 Å². The molecule has 1 fully saturated rings. The summed E-state index contributed by atoms with van der Waals surface area (Å²) in [5, 5.41) is 0. The summed E-state index contributed by atoms with van der Waals surface area (Å²) in [6.45, 7) is 1.08. The van der Waals surface area contributed by atoms with Crippen LogP contribution in [0.4, 0.5) is 0 Å². The van der Waals surface area contributed by atoms with Crippen LogP contribution in [-0.4, -0.2) is 31.7 Å². The summed E-state index contributed by atoms with van der Waals surface area (Å²) < 4.78 is 16.5. The lowest BCUT2D eigenvalue weighted by molar-refractivity contribution is -0.0674. The number of hydrogen-bond donors (Lipinski definition) is 0. The molecule has 1 aliphatic heterocycles. The number of carbonyl (C=O) groups excluding carboxylic acids is 1. The predicted molar refractivity (Wildman–Crippen MR) is 60.5 cm³/mol. The van der Waals surface area contributed by atoms with E-state index in [1.807, 2.05) is 0 Å². The van der Waals surface area contributed by atoms with Crippen LogP contribution in [0.5, 0.6) is 0 Å². The molecule has 1 aromatic heterocycles. The second-order valence-electron chi connectivity index (χ2n) is 3.74. The van der Waals surface area contributed by atoms with Crippen molar-refractivity contribution >= 4 is 21.7 Å². The van der Waals surface area contributed by atoms with E-state index in [2.05, 4.69) is 15.9 Å². The van der Waals surface area contributed by atoms with E-state index in [-0.39, 0.29) is 5.78 Å². The van der Waals surface area contributed by atoms with Gasteiger partial charge in [0, 0.05) is 33.2 Å². The summed E-state index contributed by atoms with van der Waals surface area (Å²) in [5.74, 6) is 0.207. The van der Waals surface area contributed by atoms with E-state index >= 15 is 0 Å². The highest BCUT2D eigenvalue weighted by atomic mass is 79.9. The van der Waals surface area contributed by atoms with E-state index < -0.39 is 5.60 Å². The van der Waals surface area contributed by atoms with Crippen LogP contribution in [0, 0.1) is 0 Å². The molecule has 0 bridgehead atoms. The van der Waals surface area contributed by atoms with Crippen molar-refractivity contribution in [2.24, 2.45) is 0 Å². The van der Waals surface area contributed by atoms with Gasteiger partial charge >= 0.3 is 0 Å². The van der Waals surface area contributed by atoms with Crippen LogP contribution in [0.1, 0.15) is 23.4 Å². The Kier molecular flexibility index (Phi) is 3.47. The van der Waals surface area contributed by atoms with Gasteiger partial charge in [0.2, 0.25) is 5.78 Å². The van der Waals surface area contributed by atoms with Crippen molar-refractivity contribution in [1.82, 2.24) is 0 Å². The van der Waals surface area contributed by atoms with Gasteiger partial charge in [-0.15, -0.1) is 0 Å². The Morgan fingerprint density at radius 3 is 2.69 bits per heavy atom. The first-order valence-corrected chi connectivity index (χ1v) is 5.89. The van der Waals surface area contributed by atoms with Crippen LogP contribution >= 0.6 is 15.9 Å². The molecule has 0 unspecified atom stereocenters. The molecule has 0 aromatic carbocycles. The van der Waals surface area contributed by atoms with E-state index in [0.29, 0.717) is 36.3 Å². The number of ether oxygens (including phenoxy) is 2. The average molecular weight is 289 g/mol. The normalized spacial score (nSPS) is 19.6.